The van der Waals surface area contributed by atoms with Crippen molar-refractivity contribution in [1.29, 1.82) is 0 Å². The van der Waals surface area contributed by atoms with Gasteiger partial charge in [-0.25, -0.2) is 0 Å². The average molecular weight is 384 g/mol. The molecule has 1 aliphatic rings. The second-order valence-electron chi connectivity index (χ2n) is 6.31. The van der Waals surface area contributed by atoms with E-state index in [9.17, 15) is 18.0 Å². The highest BCUT2D eigenvalue weighted by molar-refractivity contribution is 5.92. The highest BCUT2D eigenvalue weighted by atomic mass is 19.4. The van der Waals surface area contributed by atoms with Crippen LogP contribution in [0.4, 0.5) is 13.2 Å². The third-order valence-corrected chi connectivity index (χ3v) is 4.16. The van der Waals surface area contributed by atoms with Crippen molar-refractivity contribution < 1.29 is 32.0 Å². The molecule has 1 aromatic heterocycles. The number of hydrogen-bond acceptors (Lipinski definition) is 5. The van der Waals surface area contributed by atoms with E-state index in [2.05, 4.69) is 10.5 Å². The van der Waals surface area contributed by atoms with Crippen molar-refractivity contribution in [3.63, 3.8) is 0 Å². The van der Waals surface area contributed by atoms with Crippen LogP contribution in [-0.2, 0) is 28.9 Å². The SMILES string of the molecule is O=C(NCC1CCOC1)c1cc(COCc2ccc(C(F)(F)F)cc2)on1. The zero-order valence-electron chi connectivity index (χ0n) is 14.4. The molecule has 3 rings (SSSR count). The van der Waals surface area contributed by atoms with Gasteiger partial charge in [0.1, 0.15) is 6.61 Å². The van der Waals surface area contributed by atoms with Gasteiger partial charge in [0.05, 0.1) is 18.8 Å². The van der Waals surface area contributed by atoms with E-state index in [-0.39, 0.29) is 24.8 Å². The van der Waals surface area contributed by atoms with Gasteiger partial charge in [-0.3, -0.25) is 4.79 Å². The van der Waals surface area contributed by atoms with Gasteiger partial charge in [0.25, 0.3) is 5.91 Å². The molecule has 1 fully saturated rings. The minimum Gasteiger partial charge on any atom is -0.381 e. The van der Waals surface area contributed by atoms with Gasteiger partial charge >= 0.3 is 6.18 Å². The van der Waals surface area contributed by atoms with Crippen LogP contribution in [0.2, 0.25) is 0 Å². The third kappa shape index (κ3) is 5.54. The number of nitrogens with zero attached hydrogens (tertiary/aromatic N) is 1. The summed E-state index contributed by atoms with van der Waals surface area (Å²) in [6.45, 7) is 2.04. The summed E-state index contributed by atoms with van der Waals surface area (Å²) in [5, 5.41) is 6.48. The molecule has 6 nitrogen and oxygen atoms in total. The van der Waals surface area contributed by atoms with Crippen molar-refractivity contribution >= 4 is 5.91 Å². The van der Waals surface area contributed by atoms with Crippen molar-refractivity contribution in [1.82, 2.24) is 10.5 Å². The summed E-state index contributed by atoms with van der Waals surface area (Å²) in [5.41, 5.74) is 0.0441. The summed E-state index contributed by atoms with van der Waals surface area (Å²) in [4.78, 5) is 12.0. The van der Waals surface area contributed by atoms with Crippen LogP contribution < -0.4 is 5.32 Å². The van der Waals surface area contributed by atoms with Crippen LogP contribution >= 0.6 is 0 Å². The summed E-state index contributed by atoms with van der Waals surface area (Å²) in [6.07, 6.45) is -3.44. The van der Waals surface area contributed by atoms with Crippen molar-refractivity contribution in [2.45, 2.75) is 25.8 Å². The lowest BCUT2D eigenvalue weighted by atomic mass is 10.1. The van der Waals surface area contributed by atoms with Gasteiger partial charge in [0.15, 0.2) is 11.5 Å². The number of rotatable bonds is 7. The lowest BCUT2D eigenvalue weighted by Crippen LogP contribution is -2.29. The molecule has 0 radical (unpaired) electrons. The highest BCUT2D eigenvalue weighted by Gasteiger charge is 2.29. The number of alkyl halides is 3. The predicted molar refractivity (Wildman–Crippen MR) is 87.7 cm³/mol. The van der Waals surface area contributed by atoms with E-state index >= 15 is 0 Å². The van der Waals surface area contributed by atoms with Crippen LogP contribution in [0.1, 0.15) is 33.8 Å². The molecule has 1 N–H and O–H groups in total. The summed E-state index contributed by atoms with van der Waals surface area (Å²) < 4.78 is 53.2. The molecule has 1 unspecified atom stereocenters. The lowest BCUT2D eigenvalue weighted by molar-refractivity contribution is -0.137. The predicted octanol–water partition coefficient (Wildman–Crippen LogP) is 3.18. The first-order valence-electron chi connectivity index (χ1n) is 8.47. The average Bonchev–Trinajstić information content (AvgIpc) is 3.31. The van der Waals surface area contributed by atoms with Gasteiger partial charge in [-0.1, -0.05) is 17.3 Å². The van der Waals surface area contributed by atoms with Gasteiger partial charge in [0.2, 0.25) is 0 Å². The zero-order chi connectivity index (χ0) is 19.3. The molecule has 1 atom stereocenters. The van der Waals surface area contributed by atoms with Crippen molar-refractivity contribution in [2.75, 3.05) is 19.8 Å². The largest absolute Gasteiger partial charge is 0.416 e. The number of amides is 1. The van der Waals surface area contributed by atoms with E-state index in [4.69, 9.17) is 14.0 Å². The molecule has 27 heavy (non-hydrogen) atoms. The van der Waals surface area contributed by atoms with E-state index in [1.54, 1.807) is 0 Å². The fraction of sp³-hybridized carbons (Fsp3) is 0.444. The highest BCUT2D eigenvalue weighted by Crippen LogP contribution is 2.29. The molecular weight excluding hydrogens is 365 g/mol. The molecule has 9 heteroatoms. The Morgan fingerprint density at radius 3 is 2.70 bits per heavy atom. The number of benzene rings is 1. The van der Waals surface area contributed by atoms with E-state index < -0.39 is 11.7 Å². The smallest absolute Gasteiger partial charge is 0.381 e. The molecule has 0 bridgehead atoms. The molecule has 1 aliphatic heterocycles. The summed E-state index contributed by atoms with van der Waals surface area (Å²) in [7, 11) is 0. The fourth-order valence-corrected chi connectivity index (χ4v) is 2.62. The Morgan fingerprint density at radius 2 is 2.04 bits per heavy atom. The Kier molecular flexibility index (Phi) is 6.12. The third-order valence-electron chi connectivity index (χ3n) is 4.16. The monoisotopic (exact) mass is 384 g/mol. The second-order valence-corrected chi connectivity index (χ2v) is 6.31. The van der Waals surface area contributed by atoms with E-state index in [0.717, 1.165) is 18.6 Å². The minimum atomic E-state index is -4.36. The first-order valence-corrected chi connectivity index (χ1v) is 8.47. The number of aromatic nitrogens is 1. The number of carbonyl (C=O) groups is 1. The van der Waals surface area contributed by atoms with Gasteiger partial charge in [-0.05, 0) is 24.1 Å². The molecule has 1 amide bonds. The second kappa shape index (κ2) is 8.53. The Hall–Kier alpha value is -2.39. The van der Waals surface area contributed by atoms with Crippen LogP contribution in [0.15, 0.2) is 34.9 Å². The van der Waals surface area contributed by atoms with E-state index in [1.165, 1.54) is 18.2 Å². The Labute approximate surface area is 153 Å². The van der Waals surface area contributed by atoms with E-state index in [0.29, 0.717) is 37.0 Å². The van der Waals surface area contributed by atoms with Crippen molar-refractivity contribution in [3.8, 4) is 0 Å². The molecule has 1 saturated heterocycles. The Balaban J connectivity index is 1.43. The molecule has 0 aliphatic carbocycles. The Morgan fingerprint density at radius 1 is 1.26 bits per heavy atom. The zero-order valence-corrected chi connectivity index (χ0v) is 14.4. The summed E-state index contributed by atoms with van der Waals surface area (Å²) in [6, 6.07) is 6.20. The first kappa shape index (κ1) is 19.4. The Bertz CT molecular complexity index is 753. The molecule has 2 heterocycles. The van der Waals surface area contributed by atoms with Crippen LogP contribution in [-0.4, -0.2) is 30.8 Å². The van der Waals surface area contributed by atoms with Gasteiger partial charge < -0.3 is 19.3 Å². The van der Waals surface area contributed by atoms with Crippen LogP contribution in [0.5, 0.6) is 0 Å². The maximum atomic E-state index is 12.5. The summed E-state index contributed by atoms with van der Waals surface area (Å²) >= 11 is 0. The number of carbonyl (C=O) groups excluding carboxylic acids is 1. The lowest BCUT2D eigenvalue weighted by Gasteiger charge is -2.07. The maximum absolute atomic E-state index is 12.5. The normalized spacial score (nSPS) is 17.2. The number of ether oxygens (including phenoxy) is 2. The molecule has 1 aromatic carbocycles. The minimum absolute atomic E-state index is 0.0533. The van der Waals surface area contributed by atoms with Crippen LogP contribution in [0.3, 0.4) is 0 Å². The first-order chi connectivity index (χ1) is 12.9. The maximum Gasteiger partial charge on any atom is 0.416 e. The number of nitrogens with one attached hydrogen (secondary N) is 1. The van der Waals surface area contributed by atoms with Gasteiger partial charge in [-0.2, -0.15) is 13.2 Å². The van der Waals surface area contributed by atoms with Crippen molar-refractivity contribution in [3.05, 3.63) is 52.9 Å². The molecular formula is C18H19F3N2O4. The topological polar surface area (TPSA) is 73.6 Å². The molecule has 0 saturated carbocycles. The molecule has 2 aromatic rings. The van der Waals surface area contributed by atoms with Gasteiger partial charge in [0, 0.05) is 25.1 Å². The fourth-order valence-electron chi connectivity index (χ4n) is 2.62. The number of hydrogen-bond donors (Lipinski definition) is 1. The molecule has 0 spiro atoms. The standard InChI is InChI=1S/C18H19F3N2O4/c19-18(20,21)14-3-1-12(2-4-14)9-26-11-15-7-16(23-27-15)17(24)22-8-13-5-6-25-10-13/h1-4,7,13H,5-6,8-11H2,(H,22,24). The van der Waals surface area contributed by atoms with E-state index in [1.807, 2.05) is 0 Å². The van der Waals surface area contributed by atoms with Crippen LogP contribution in [0.25, 0.3) is 0 Å². The van der Waals surface area contributed by atoms with Crippen molar-refractivity contribution in [2.24, 2.45) is 5.92 Å². The summed E-state index contributed by atoms with van der Waals surface area (Å²) in [5.74, 6) is 0.336. The quantitative estimate of drug-likeness (QED) is 0.794. The number of halogens is 3. The van der Waals surface area contributed by atoms with Crippen LogP contribution in [0, 0.1) is 5.92 Å². The molecule has 146 valence electrons. The van der Waals surface area contributed by atoms with Gasteiger partial charge in [-0.15, -0.1) is 0 Å².